The lowest BCUT2D eigenvalue weighted by Gasteiger charge is -2.31. The predicted octanol–water partition coefficient (Wildman–Crippen LogP) is 1.12. The largest absolute Gasteiger partial charge is 0.352 e. The summed E-state index contributed by atoms with van der Waals surface area (Å²) in [5, 5.41) is 2.83. The number of hydrogen-bond acceptors (Lipinski definition) is 3. The summed E-state index contributed by atoms with van der Waals surface area (Å²) in [5.74, 6) is 0.538. The third-order valence-corrected chi connectivity index (χ3v) is 3.94. The molecule has 2 unspecified atom stereocenters. The molecule has 1 aliphatic rings. The van der Waals surface area contributed by atoms with Crippen LogP contribution in [0, 0.1) is 11.8 Å². The van der Waals surface area contributed by atoms with Crippen molar-refractivity contribution in [2.75, 3.05) is 19.6 Å². The molecule has 1 saturated carbocycles. The van der Waals surface area contributed by atoms with Gasteiger partial charge in [0, 0.05) is 18.5 Å². The quantitative estimate of drug-likeness (QED) is 0.767. The summed E-state index contributed by atoms with van der Waals surface area (Å²) in [4.78, 5) is 26.0. The fraction of sp³-hybridized carbons (Fsp3) is 0.867. The van der Waals surface area contributed by atoms with Crippen molar-refractivity contribution >= 4 is 11.8 Å². The summed E-state index contributed by atoms with van der Waals surface area (Å²) in [5.41, 5.74) is 5.72. The fourth-order valence-electron chi connectivity index (χ4n) is 2.87. The topological polar surface area (TPSA) is 75.4 Å². The standard InChI is InChI=1S/C15H29N3O2/c1-4-18(10-14(19)17-11(2)3)15(20)13-7-5-6-12(8-13)9-16/h11-13H,4-10,16H2,1-3H3,(H,17,19). The number of nitrogens with zero attached hydrogens (tertiary/aromatic N) is 1. The highest BCUT2D eigenvalue weighted by molar-refractivity contribution is 5.86. The van der Waals surface area contributed by atoms with Crippen molar-refractivity contribution in [2.45, 2.75) is 52.5 Å². The number of hydrogen-bond donors (Lipinski definition) is 2. The van der Waals surface area contributed by atoms with Gasteiger partial charge >= 0.3 is 0 Å². The van der Waals surface area contributed by atoms with Gasteiger partial charge in [0.2, 0.25) is 11.8 Å². The Labute approximate surface area is 122 Å². The molecule has 0 saturated heterocycles. The average molecular weight is 283 g/mol. The molecule has 1 aliphatic carbocycles. The SMILES string of the molecule is CCN(CC(=O)NC(C)C)C(=O)C1CCCC(CN)C1. The molecule has 2 amide bonds. The van der Waals surface area contributed by atoms with Crippen molar-refractivity contribution in [3.05, 3.63) is 0 Å². The van der Waals surface area contributed by atoms with Crippen molar-refractivity contribution in [1.29, 1.82) is 0 Å². The minimum atomic E-state index is -0.0821. The van der Waals surface area contributed by atoms with E-state index in [1.807, 2.05) is 20.8 Å². The van der Waals surface area contributed by atoms with E-state index in [1.165, 1.54) is 0 Å². The predicted molar refractivity (Wildman–Crippen MR) is 80.0 cm³/mol. The second-order valence-corrected chi connectivity index (χ2v) is 6.04. The van der Waals surface area contributed by atoms with E-state index < -0.39 is 0 Å². The van der Waals surface area contributed by atoms with Crippen LogP contribution in [0.1, 0.15) is 46.5 Å². The second kappa shape index (κ2) is 8.25. The van der Waals surface area contributed by atoms with E-state index in [1.54, 1.807) is 4.90 Å². The first kappa shape index (κ1) is 17.0. The average Bonchev–Trinajstić information content (AvgIpc) is 2.43. The monoisotopic (exact) mass is 283 g/mol. The number of likely N-dealkylation sites (N-methyl/N-ethyl adjacent to an activating group) is 1. The molecule has 116 valence electrons. The van der Waals surface area contributed by atoms with Gasteiger partial charge in [-0.2, -0.15) is 0 Å². The van der Waals surface area contributed by atoms with Gasteiger partial charge in [0.25, 0.3) is 0 Å². The van der Waals surface area contributed by atoms with Gasteiger partial charge in [-0.3, -0.25) is 9.59 Å². The minimum absolute atomic E-state index is 0.0455. The van der Waals surface area contributed by atoms with Crippen LogP contribution >= 0.6 is 0 Å². The van der Waals surface area contributed by atoms with E-state index in [2.05, 4.69) is 5.32 Å². The van der Waals surface area contributed by atoms with Crippen LogP contribution in [0.4, 0.5) is 0 Å². The van der Waals surface area contributed by atoms with Crippen LogP contribution in [0.3, 0.4) is 0 Å². The first-order valence-electron chi connectivity index (χ1n) is 7.76. The molecule has 5 heteroatoms. The highest BCUT2D eigenvalue weighted by atomic mass is 16.2. The summed E-state index contributed by atoms with van der Waals surface area (Å²) in [7, 11) is 0. The number of carbonyl (C=O) groups excluding carboxylic acids is 2. The molecule has 0 aromatic heterocycles. The van der Waals surface area contributed by atoms with Crippen molar-refractivity contribution in [2.24, 2.45) is 17.6 Å². The maximum atomic E-state index is 12.5. The van der Waals surface area contributed by atoms with Crippen molar-refractivity contribution in [1.82, 2.24) is 10.2 Å². The number of amides is 2. The molecular weight excluding hydrogens is 254 g/mol. The smallest absolute Gasteiger partial charge is 0.239 e. The zero-order valence-corrected chi connectivity index (χ0v) is 13.0. The fourth-order valence-corrected chi connectivity index (χ4v) is 2.87. The third kappa shape index (κ3) is 5.12. The molecule has 0 radical (unpaired) electrons. The first-order chi connectivity index (χ1) is 9.47. The Kier molecular flexibility index (Phi) is 6.99. The Morgan fingerprint density at radius 3 is 2.60 bits per heavy atom. The molecule has 0 aromatic rings. The zero-order chi connectivity index (χ0) is 15.1. The van der Waals surface area contributed by atoms with Gasteiger partial charge < -0.3 is 16.0 Å². The number of rotatable bonds is 6. The highest BCUT2D eigenvalue weighted by Gasteiger charge is 2.30. The number of nitrogens with two attached hydrogens (primary N) is 1. The first-order valence-corrected chi connectivity index (χ1v) is 7.76. The van der Waals surface area contributed by atoms with Crippen LogP contribution < -0.4 is 11.1 Å². The molecule has 5 nitrogen and oxygen atoms in total. The van der Waals surface area contributed by atoms with Gasteiger partial charge in [0.15, 0.2) is 0 Å². The lowest BCUT2D eigenvalue weighted by atomic mass is 9.81. The lowest BCUT2D eigenvalue weighted by molar-refractivity contribution is -0.140. The van der Waals surface area contributed by atoms with E-state index in [0.29, 0.717) is 19.0 Å². The number of nitrogens with one attached hydrogen (secondary N) is 1. The molecular formula is C15H29N3O2. The maximum Gasteiger partial charge on any atom is 0.239 e. The van der Waals surface area contributed by atoms with E-state index >= 15 is 0 Å². The van der Waals surface area contributed by atoms with Gasteiger partial charge in [-0.15, -0.1) is 0 Å². The molecule has 1 fully saturated rings. The van der Waals surface area contributed by atoms with E-state index in [9.17, 15) is 9.59 Å². The summed E-state index contributed by atoms with van der Waals surface area (Å²) in [6.07, 6.45) is 3.99. The Morgan fingerprint density at radius 2 is 2.05 bits per heavy atom. The van der Waals surface area contributed by atoms with Gasteiger partial charge in [-0.05, 0) is 52.5 Å². The minimum Gasteiger partial charge on any atom is -0.352 e. The van der Waals surface area contributed by atoms with Gasteiger partial charge in [0.1, 0.15) is 0 Å². The molecule has 1 rings (SSSR count). The van der Waals surface area contributed by atoms with Crippen LogP contribution in [0.15, 0.2) is 0 Å². The molecule has 3 N–H and O–H groups in total. The maximum absolute atomic E-state index is 12.5. The molecule has 2 atom stereocenters. The van der Waals surface area contributed by atoms with Gasteiger partial charge in [-0.25, -0.2) is 0 Å². The van der Waals surface area contributed by atoms with Crippen molar-refractivity contribution in [3.63, 3.8) is 0 Å². The van der Waals surface area contributed by atoms with Crippen LogP contribution in [0.2, 0.25) is 0 Å². The molecule has 0 bridgehead atoms. The van der Waals surface area contributed by atoms with Crippen molar-refractivity contribution < 1.29 is 9.59 Å². The lowest BCUT2D eigenvalue weighted by Crippen LogP contribution is -2.45. The molecule has 0 aromatic carbocycles. The molecule has 0 aliphatic heterocycles. The van der Waals surface area contributed by atoms with Crippen LogP contribution in [-0.4, -0.2) is 42.4 Å². The summed E-state index contributed by atoms with van der Waals surface area (Å²) in [6, 6.07) is 0.104. The Bertz CT molecular complexity index is 331. The Balaban J connectivity index is 2.55. The van der Waals surface area contributed by atoms with Crippen molar-refractivity contribution in [3.8, 4) is 0 Å². The Hall–Kier alpha value is -1.10. The Morgan fingerprint density at radius 1 is 1.35 bits per heavy atom. The zero-order valence-electron chi connectivity index (χ0n) is 13.0. The van der Waals surface area contributed by atoms with Crippen LogP contribution in [-0.2, 0) is 9.59 Å². The van der Waals surface area contributed by atoms with E-state index in [4.69, 9.17) is 5.73 Å². The van der Waals surface area contributed by atoms with E-state index in [0.717, 1.165) is 25.7 Å². The summed E-state index contributed by atoms with van der Waals surface area (Å²) in [6.45, 7) is 7.16. The highest BCUT2D eigenvalue weighted by Crippen LogP contribution is 2.29. The number of carbonyl (C=O) groups is 2. The normalized spacial score (nSPS) is 22.6. The third-order valence-electron chi connectivity index (χ3n) is 3.94. The summed E-state index contributed by atoms with van der Waals surface area (Å²) < 4.78 is 0. The van der Waals surface area contributed by atoms with Gasteiger partial charge in [-0.1, -0.05) is 6.42 Å². The van der Waals surface area contributed by atoms with Gasteiger partial charge in [0.05, 0.1) is 6.54 Å². The molecule has 0 spiro atoms. The molecule has 0 heterocycles. The van der Waals surface area contributed by atoms with Crippen LogP contribution in [0.5, 0.6) is 0 Å². The molecule has 20 heavy (non-hydrogen) atoms. The summed E-state index contributed by atoms with van der Waals surface area (Å²) >= 11 is 0. The van der Waals surface area contributed by atoms with E-state index in [-0.39, 0.29) is 30.3 Å². The second-order valence-electron chi connectivity index (χ2n) is 6.04. The van der Waals surface area contributed by atoms with Crippen LogP contribution in [0.25, 0.3) is 0 Å².